The standard InChI is InChI=1S/C27H27ClF3N3O3.C27H25ClF3N3O3.C2H6/c2*1-16(34-25(36)26(2,3)37-23-12-9-20(15-33-23)27(29,30)31)22(13-17-7-10-21(28)11-8-17)18-5-4-6-19(14-18)24(32)35;1-2/h4-12,14-16,22H,13H2,1-3H3,(H2,32,35)(H,34,36);4-12,14-15H,13H2,1-3H3,(H2,32,35)(H,34,36);1-2H3/b;22-16-;/t16?,22-;;/m1../s1. The van der Waals surface area contributed by atoms with E-state index in [0.717, 1.165) is 41.0 Å². The molecule has 6 aromatic rings. The van der Waals surface area contributed by atoms with Crippen molar-refractivity contribution in [1.82, 2.24) is 20.6 Å². The summed E-state index contributed by atoms with van der Waals surface area (Å²) in [4.78, 5) is 57.2. The molecule has 0 aliphatic heterocycles. The van der Waals surface area contributed by atoms with Gasteiger partial charge in [-0.05, 0) is 143 Å². The molecule has 2 heterocycles. The first kappa shape index (κ1) is 61.1. The van der Waals surface area contributed by atoms with Gasteiger partial charge in [0.2, 0.25) is 23.6 Å². The highest BCUT2D eigenvalue weighted by atomic mass is 35.5. The van der Waals surface area contributed by atoms with Crippen molar-refractivity contribution in [1.29, 1.82) is 0 Å². The maximum absolute atomic E-state index is 13.2. The number of nitrogens with one attached hydrogen (secondary N) is 2. The number of benzene rings is 4. The molecule has 6 rings (SSSR count). The third-order valence-electron chi connectivity index (χ3n) is 11.4. The Morgan fingerprint density at radius 2 is 1.04 bits per heavy atom. The van der Waals surface area contributed by atoms with Crippen molar-refractivity contribution in [2.75, 3.05) is 0 Å². The van der Waals surface area contributed by atoms with Crippen LogP contribution in [0, 0.1) is 0 Å². The zero-order valence-electron chi connectivity index (χ0n) is 42.8. The Bertz CT molecular complexity index is 2970. The van der Waals surface area contributed by atoms with E-state index in [4.69, 9.17) is 44.1 Å². The van der Waals surface area contributed by atoms with Gasteiger partial charge in [-0.25, -0.2) is 9.97 Å². The predicted molar refractivity (Wildman–Crippen MR) is 281 cm³/mol. The summed E-state index contributed by atoms with van der Waals surface area (Å²) < 4.78 is 88.1. The van der Waals surface area contributed by atoms with E-state index in [1.165, 1.54) is 27.7 Å². The first-order chi connectivity index (χ1) is 35.5. The van der Waals surface area contributed by atoms with E-state index < -0.39 is 64.4 Å². The smallest absolute Gasteiger partial charge is 0.417 e. The quantitative estimate of drug-likeness (QED) is 0.0649. The van der Waals surface area contributed by atoms with E-state index >= 15 is 0 Å². The van der Waals surface area contributed by atoms with Gasteiger partial charge in [-0.2, -0.15) is 26.3 Å². The van der Waals surface area contributed by atoms with Crippen LogP contribution in [0.15, 0.2) is 139 Å². The number of hydrogen-bond donors (Lipinski definition) is 4. The molecule has 4 aromatic carbocycles. The summed E-state index contributed by atoms with van der Waals surface area (Å²) in [5, 5.41) is 6.93. The second-order valence-electron chi connectivity index (χ2n) is 18.0. The molecule has 1 unspecified atom stereocenters. The normalized spacial score (nSPS) is 12.7. The molecule has 0 aliphatic rings. The lowest BCUT2D eigenvalue weighted by atomic mass is 9.85. The number of nitrogens with zero attached hydrogens (tertiary/aromatic N) is 2. The van der Waals surface area contributed by atoms with Crippen molar-refractivity contribution in [3.63, 3.8) is 0 Å². The molecule has 0 bridgehead atoms. The van der Waals surface area contributed by atoms with Gasteiger partial charge >= 0.3 is 12.4 Å². The van der Waals surface area contributed by atoms with Gasteiger partial charge in [-0.1, -0.05) is 85.6 Å². The van der Waals surface area contributed by atoms with Gasteiger partial charge in [-0.15, -0.1) is 0 Å². The molecular weight excluding hydrogens is 1040 g/mol. The number of nitrogens with two attached hydrogens (primary N) is 2. The number of alkyl halides is 6. The zero-order valence-corrected chi connectivity index (χ0v) is 44.3. The maximum Gasteiger partial charge on any atom is 0.417 e. The molecule has 0 radical (unpaired) electrons. The van der Waals surface area contributed by atoms with Crippen LogP contribution in [0.25, 0.3) is 5.57 Å². The van der Waals surface area contributed by atoms with Crippen molar-refractivity contribution in [2.45, 2.75) is 104 Å². The number of carbonyl (C=O) groups excluding carboxylic acids is 4. The molecule has 0 aliphatic carbocycles. The number of primary amides is 2. The Kier molecular flexibility index (Phi) is 21.2. The average Bonchev–Trinajstić information content (AvgIpc) is 3.36. The fourth-order valence-electron chi connectivity index (χ4n) is 7.21. The molecule has 2 aromatic heterocycles. The monoisotopic (exact) mass is 1090 g/mol. The summed E-state index contributed by atoms with van der Waals surface area (Å²) in [5.74, 6) is -2.71. The van der Waals surface area contributed by atoms with Crippen LogP contribution in [0.1, 0.15) is 115 Å². The number of ether oxygens (including phenoxy) is 2. The van der Waals surface area contributed by atoms with Crippen LogP contribution in [0.4, 0.5) is 26.3 Å². The summed E-state index contributed by atoms with van der Waals surface area (Å²) in [7, 11) is 0. The predicted octanol–water partition coefficient (Wildman–Crippen LogP) is 12.4. The molecule has 20 heteroatoms. The van der Waals surface area contributed by atoms with Crippen molar-refractivity contribution in [3.8, 4) is 11.8 Å². The minimum atomic E-state index is -4.54. The number of halogens is 8. The van der Waals surface area contributed by atoms with E-state index in [0.29, 0.717) is 63.2 Å². The highest BCUT2D eigenvalue weighted by molar-refractivity contribution is 6.30. The Morgan fingerprint density at radius 3 is 1.49 bits per heavy atom. The number of aromatic nitrogens is 2. The van der Waals surface area contributed by atoms with Gasteiger partial charge in [-0.3, -0.25) is 19.2 Å². The molecule has 76 heavy (non-hydrogen) atoms. The number of carbonyl (C=O) groups is 4. The van der Waals surface area contributed by atoms with Gasteiger partial charge in [0.05, 0.1) is 11.1 Å². The molecule has 12 nitrogen and oxygen atoms in total. The van der Waals surface area contributed by atoms with Crippen LogP contribution in [0.2, 0.25) is 10.0 Å². The molecule has 6 N–H and O–H groups in total. The summed E-state index contributed by atoms with van der Waals surface area (Å²) >= 11 is 12.0. The van der Waals surface area contributed by atoms with Crippen LogP contribution >= 0.6 is 23.2 Å². The molecule has 0 saturated heterocycles. The molecular formula is C56H58Cl2F6N6O6. The van der Waals surface area contributed by atoms with Crippen LogP contribution < -0.4 is 31.6 Å². The van der Waals surface area contributed by atoms with Gasteiger partial charge in [0.1, 0.15) is 0 Å². The highest BCUT2D eigenvalue weighted by Gasteiger charge is 2.36. The van der Waals surface area contributed by atoms with Crippen molar-refractivity contribution in [2.24, 2.45) is 11.5 Å². The number of pyridine rings is 2. The van der Waals surface area contributed by atoms with Gasteiger partial charge in [0, 0.05) is 63.4 Å². The van der Waals surface area contributed by atoms with Crippen LogP contribution in [0.5, 0.6) is 11.8 Å². The first-order valence-corrected chi connectivity index (χ1v) is 24.3. The van der Waals surface area contributed by atoms with Crippen LogP contribution in [-0.4, -0.2) is 50.8 Å². The van der Waals surface area contributed by atoms with Crippen LogP contribution in [-0.2, 0) is 34.8 Å². The third-order valence-corrected chi connectivity index (χ3v) is 11.9. The van der Waals surface area contributed by atoms with E-state index in [-0.39, 0.29) is 17.7 Å². The molecule has 0 saturated carbocycles. The Morgan fingerprint density at radius 1 is 0.605 bits per heavy atom. The Hall–Kier alpha value is -7.44. The SMILES string of the molecule is C/C(NC(=O)C(C)(C)Oc1ccc(C(F)(F)F)cn1)=C(\Cc1ccc(Cl)cc1)c1cccc(C(N)=O)c1.CC.CC(NC(=O)C(C)(C)Oc1ccc(C(F)(F)F)cn1)[C@@H](Cc1ccc(Cl)cc1)c1cccc(C(N)=O)c1. The average molecular weight is 1100 g/mol. The lowest BCUT2D eigenvalue weighted by Gasteiger charge is -2.31. The molecule has 404 valence electrons. The highest BCUT2D eigenvalue weighted by Crippen LogP contribution is 2.33. The maximum atomic E-state index is 13.2. The second-order valence-corrected chi connectivity index (χ2v) is 18.9. The van der Waals surface area contributed by atoms with Crippen molar-refractivity contribution < 1.29 is 55.0 Å². The van der Waals surface area contributed by atoms with Gasteiger partial charge < -0.3 is 31.6 Å². The van der Waals surface area contributed by atoms with E-state index in [2.05, 4.69) is 20.6 Å². The summed E-state index contributed by atoms with van der Waals surface area (Å²) in [6, 6.07) is 31.4. The van der Waals surface area contributed by atoms with Crippen LogP contribution in [0.3, 0.4) is 0 Å². The summed E-state index contributed by atoms with van der Waals surface area (Å²) in [6.45, 7) is 13.5. The Balaban J connectivity index is 0.000000318. The lowest BCUT2D eigenvalue weighted by molar-refractivity contribution is -0.138. The fourth-order valence-corrected chi connectivity index (χ4v) is 7.46. The largest absolute Gasteiger partial charge is 0.462 e. The van der Waals surface area contributed by atoms with Gasteiger partial charge in [0.15, 0.2) is 11.2 Å². The van der Waals surface area contributed by atoms with E-state index in [9.17, 15) is 45.5 Å². The molecule has 2 atom stereocenters. The molecule has 4 amide bonds. The minimum absolute atomic E-state index is 0.118. The van der Waals surface area contributed by atoms with Gasteiger partial charge in [0.25, 0.3) is 11.8 Å². The first-order valence-electron chi connectivity index (χ1n) is 23.6. The summed E-state index contributed by atoms with van der Waals surface area (Å²) in [6.07, 6.45) is -6.86. The number of allylic oxidation sites excluding steroid dienone is 2. The van der Waals surface area contributed by atoms with Crippen molar-refractivity contribution >= 4 is 52.4 Å². The number of amides is 4. The Labute approximate surface area is 447 Å². The zero-order chi connectivity index (χ0) is 56.8. The minimum Gasteiger partial charge on any atom is -0.462 e. The van der Waals surface area contributed by atoms with Crippen molar-refractivity contribution in [3.05, 3.63) is 194 Å². The van der Waals surface area contributed by atoms with E-state index in [1.807, 2.05) is 51.1 Å². The number of rotatable bonds is 17. The number of hydrogen-bond acceptors (Lipinski definition) is 8. The van der Waals surface area contributed by atoms with E-state index in [1.54, 1.807) is 73.7 Å². The lowest BCUT2D eigenvalue weighted by Crippen LogP contribution is -2.51. The third kappa shape index (κ3) is 17.9. The topological polar surface area (TPSA) is 189 Å². The molecule has 0 spiro atoms. The molecule has 0 fully saturated rings. The summed E-state index contributed by atoms with van der Waals surface area (Å²) in [5.41, 5.74) is 11.3. The second kappa shape index (κ2) is 26.4. The fraction of sp³-hybridized carbons (Fsp3) is 0.286.